The molecule has 1 amide bonds. The lowest BCUT2D eigenvalue weighted by atomic mass is 9.98. The summed E-state index contributed by atoms with van der Waals surface area (Å²) >= 11 is 5.83. The smallest absolute Gasteiger partial charge is 0.231 e. The molecule has 0 saturated carbocycles. The van der Waals surface area contributed by atoms with Crippen LogP contribution in [-0.4, -0.2) is 41.0 Å². The van der Waals surface area contributed by atoms with Gasteiger partial charge in [0.1, 0.15) is 0 Å². The Morgan fingerprint density at radius 1 is 1.50 bits per heavy atom. The fourth-order valence-electron chi connectivity index (χ4n) is 1.98. The predicted molar refractivity (Wildman–Crippen MR) is 68.5 cm³/mol. The molecule has 7 nitrogen and oxygen atoms in total. The summed E-state index contributed by atoms with van der Waals surface area (Å²) in [6.45, 7) is 1.31. The molecule has 0 radical (unpaired) electrons. The van der Waals surface area contributed by atoms with Crippen LogP contribution in [0.1, 0.15) is 12.8 Å². The zero-order valence-corrected chi connectivity index (χ0v) is 10.8. The zero-order chi connectivity index (χ0) is 13.1. The van der Waals surface area contributed by atoms with Gasteiger partial charge in [0.15, 0.2) is 0 Å². The van der Waals surface area contributed by atoms with Gasteiger partial charge in [0, 0.05) is 20.1 Å². The number of piperidine rings is 1. The summed E-state index contributed by atoms with van der Waals surface area (Å²) in [4.78, 5) is 25.4. The molecular formula is C10H15ClN6O. The van der Waals surface area contributed by atoms with Crippen molar-refractivity contribution in [3.05, 3.63) is 5.28 Å². The van der Waals surface area contributed by atoms with Gasteiger partial charge in [-0.3, -0.25) is 4.79 Å². The van der Waals surface area contributed by atoms with Crippen molar-refractivity contribution in [2.45, 2.75) is 12.8 Å². The zero-order valence-electron chi connectivity index (χ0n) is 10.1. The molecule has 1 saturated heterocycles. The number of carbonyl (C=O) groups is 1. The summed E-state index contributed by atoms with van der Waals surface area (Å²) in [5.74, 6) is 0.442. The number of halogens is 1. The first-order valence-corrected chi connectivity index (χ1v) is 6.11. The minimum atomic E-state index is -0.284. The summed E-state index contributed by atoms with van der Waals surface area (Å²) in [7, 11) is 1.71. The summed E-state index contributed by atoms with van der Waals surface area (Å²) < 4.78 is 0. The van der Waals surface area contributed by atoms with E-state index in [9.17, 15) is 4.79 Å². The van der Waals surface area contributed by atoms with E-state index in [1.165, 1.54) is 0 Å². The maximum Gasteiger partial charge on any atom is 0.231 e. The summed E-state index contributed by atoms with van der Waals surface area (Å²) in [5.41, 5.74) is 5.34. The summed E-state index contributed by atoms with van der Waals surface area (Å²) in [5, 5.41) is 2.95. The molecule has 1 aromatic heterocycles. The monoisotopic (exact) mass is 270 g/mol. The van der Waals surface area contributed by atoms with Crippen LogP contribution in [0.3, 0.4) is 0 Å². The van der Waals surface area contributed by atoms with E-state index in [4.69, 9.17) is 17.3 Å². The van der Waals surface area contributed by atoms with E-state index >= 15 is 0 Å². The van der Waals surface area contributed by atoms with Gasteiger partial charge in [0.2, 0.25) is 23.1 Å². The van der Waals surface area contributed by atoms with Crippen LogP contribution in [0.2, 0.25) is 5.28 Å². The summed E-state index contributed by atoms with van der Waals surface area (Å²) in [6.07, 6.45) is 1.69. The lowest BCUT2D eigenvalue weighted by Gasteiger charge is -2.31. The molecule has 1 aliphatic heterocycles. The summed E-state index contributed by atoms with van der Waals surface area (Å²) in [6, 6.07) is 0. The van der Waals surface area contributed by atoms with Crippen LogP contribution in [0.25, 0.3) is 0 Å². The van der Waals surface area contributed by atoms with Crippen LogP contribution in [0, 0.1) is 5.92 Å². The van der Waals surface area contributed by atoms with Crippen molar-refractivity contribution in [1.29, 1.82) is 0 Å². The van der Waals surface area contributed by atoms with Crippen molar-refractivity contribution in [3.63, 3.8) is 0 Å². The van der Waals surface area contributed by atoms with E-state index < -0.39 is 0 Å². The average molecular weight is 271 g/mol. The number of amides is 1. The normalized spacial score (nSPS) is 19.7. The third kappa shape index (κ3) is 2.79. The molecule has 0 aliphatic carbocycles. The Labute approximate surface area is 110 Å². The molecule has 1 aromatic rings. The molecule has 1 fully saturated rings. The van der Waals surface area contributed by atoms with Crippen LogP contribution in [0.15, 0.2) is 0 Å². The number of nitrogens with two attached hydrogens (primary N) is 1. The SMILES string of the molecule is CNc1nc(Cl)nc(N2CCCC(C(N)=O)C2)n1. The third-order valence-electron chi connectivity index (χ3n) is 2.93. The standard InChI is InChI=1S/C10H15ClN6O/c1-13-9-14-8(11)15-10(16-9)17-4-2-3-6(5-17)7(12)18/h6H,2-5H2,1H3,(H2,12,18)(H,13,14,15,16). The Balaban J connectivity index is 2.20. The number of hydrogen-bond acceptors (Lipinski definition) is 6. The van der Waals surface area contributed by atoms with Gasteiger partial charge in [0.05, 0.1) is 5.92 Å². The van der Waals surface area contributed by atoms with Gasteiger partial charge in [-0.15, -0.1) is 0 Å². The number of hydrogen-bond donors (Lipinski definition) is 2. The first-order chi connectivity index (χ1) is 8.60. The lowest BCUT2D eigenvalue weighted by Crippen LogP contribution is -2.42. The van der Waals surface area contributed by atoms with Crippen molar-refractivity contribution in [2.24, 2.45) is 11.7 Å². The number of rotatable bonds is 3. The molecule has 98 valence electrons. The molecule has 2 heterocycles. The highest BCUT2D eigenvalue weighted by Crippen LogP contribution is 2.21. The topological polar surface area (TPSA) is 97.0 Å². The van der Waals surface area contributed by atoms with Gasteiger partial charge < -0.3 is 16.0 Å². The fraction of sp³-hybridized carbons (Fsp3) is 0.600. The maximum absolute atomic E-state index is 11.2. The van der Waals surface area contributed by atoms with E-state index in [1.807, 2.05) is 4.90 Å². The Bertz CT molecular complexity index is 454. The average Bonchev–Trinajstić information content (AvgIpc) is 2.38. The Morgan fingerprint density at radius 3 is 2.94 bits per heavy atom. The van der Waals surface area contributed by atoms with Gasteiger partial charge >= 0.3 is 0 Å². The second-order valence-electron chi connectivity index (χ2n) is 4.17. The maximum atomic E-state index is 11.2. The molecular weight excluding hydrogens is 256 g/mol. The second-order valence-corrected chi connectivity index (χ2v) is 4.50. The number of carbonyl (C=O) groups excluding carboxylic acids is 1. The Hall–Kier alpha value is -1.63. The van der Waals surface area contributed by atoms with Crippen molar-refractivity contribution < 1.29 is 4.79 Å². The number of aromatic nitrogens is 3. The second kappa shape index (κ2) is 5.34. The largest absolute Gasteiger partial charge is 0.369 e. The van der Waals surface area contributed by atoms with Gasteiger partial charge in [-0.1, -0.05) is 0 Å². The molecule has 3 N–H and O–H groups in total. The molecule has 1 unspecified atom stereocenters. The lowest BCUT2D eigenvalue weighted by molar-refractivity contribution is -0.122. The fourth-order valence-corrected chi connectivity index (χ4v) is 2.14. The molecule has 1 atom stereocenters. The Kier molecular flexibility index (Phi) is 3.81. The third-order valence-corrected chi connectivity index (χ3v) is 3.10. The molecule has 1 aliphatic rings. The van der Waals surface area contributed by atoms with Crippen LogP contribution < -0.4 is 16.0 Å². The molecule has 0 spiro atoms. The Morgan fingerprint density at radius 2 is 2.28 bits per heavy atom. The van der Waals surface area contributed by atoms with Crippen molar-refractivity contribution >= 4 is 29.4 Å². The molecule has 2 rings (SSSR count). The van der Waals surface area contributed by atoms with Crippen LogP contribution in [-0.2, 0) is 4.79 Å². The number of nitrogens with zero attached hydrogens (tertiary/aromatic N) is 4. The van der Waals surface area contributed by atoms with E-state index in [0.29, 0.717) is 18.4 Å². The number of anilines is 2. The molecule has 18 heavy (non-hydrogen) atoms. The number of primary amides is 1. The van der Waals surface area contributed by atoms with Gasteiger partial charge in [-0.05, 0) is 24.4 Å². The van der Waals surface area contributed by atoms with E-state index in [0.717, 1.165) is 19.4 Å². The predicted octanol–water partition coefficient (Wildman–Crippen LogP) is 0.268. The minimum Gasteiger partial charge on any atom is -0.369 e. The van der Waals surface area contributed by atoms with Gasteiger partial charge in [-0.2, -0.15) is 15.0 Å². The highest BCUT2D eigenvalue weighted by molar-refractivity contribution is 6.28. The van der Waals surface area contributed by atoms with Gasteiger partial charge in [0.25, 0.3) is 0 Å². The van der Waals surface area contributed by atoms with E-state index in [1.54, 1.807) is 7.05 Å². The van der Waals surface area contributed by atoms with Crippen molar-refractivity contribution in [2.75, 3.05) is 30.4 Å². The van der Waals surface area contributed by atoms with Crippen LogP contribution >= 0.6 is 11.6 Å². The van der Waals surface area contributed by atoms with Crippen molar-refractivity contribution in [1.82, 2.24) is 15.0 Å². The first kappa shape index (κ1) is 12.8. The molecule has 8 heteroatoms. The first-order valence-electron chi connectivity index (χ1n) is 5.73. The quantitative estimate of drug-likeness (QED) is 0.818. The molecule has 0 bridgehead atoms. The highest BCUT2D eigenvalue weighted by Gasteiger charge is 2.26. The molecule has 0 aromatic carbocycles. The van der Waals surface area contributed by atoms with E-state index in [-0.39, 0.29) is 17.1 Å². The number of nitrogens with one attached hydrogen (secondary N) is 1. The van der Waals surface area contributed by atoms with Crippen LogP contribution in [0.4, 0.5) is 11.9 Å². The van der Waals surface area contributed by atoms with Gasteiger partial charge in [-0.25, -0.2) is 0 Å². The van der Waals surface area contributed by atoms with E-state index in [2.05, 4.69) is 20.3 Å². The highest BCUT2D eigenvalue weighted by atomic mass is 35.5. The minimum absolute atomic E-state index is 0.130. The van der Waals surface area contributed by atoms with Crippen molar-refractivity contribution in [3.8, 4) is 0 Å². The van der Waals surface area contributed by atoms with Crippen LogP contribution in [0.5, 0.6) is 0 Å².